The van der Waals surface area contributed by atoms with Crippen molar-refractivity contribution in [3.63, 3.8) is 0 Å². The van der Waals surface area contributed by atoms with E-state index in [1.165, 1.54) is 0 Å². The predicted octanol–water partition coefficient (Wildman–Crippen LogP) is 2.01. The van der Waals surface area contributed by atoms with Crippen LogP contribution < -0.4 is 0 Å². The monoisotopic (exact) mass is 172 g/mol. The Morgan fingerprint density at radius 2 is 2.00 bits per heavy atom. The number of aliphatic hydroxyl groups excluding tert-OH is 1. The second kappa shape index (κ2) is 6.18. The van der Waals surface area contributed by atoms with E-state index in [1.807, 2.05) is 13.8 Å². The first-order valence-corrected chi connectivity index (χ1v) is 4.76. The van der Waals surface area contributed by atoms with Crippen molar-refractivity contribution in [1.82, 2.24) is 0 Å². The molecule has 0 aliphatic heterocycles. The quantitative estimate of drug-likeness (QED) is 0.622. The molecule has 0 saturated carbocycles. The molecule has 0 fully saturated rings. The Labute approximate surface area is 75.0 Å². The highest BCUT2D eigenvalue weighted by atomic mass is 16.3. The maximum atomic E-state index is 10.6. The van der Waals surface area contributed by atoms with Gasteiger partial charge in [-0.1, -0.05) is 33.6 Å². The smallest absolute Gasteiger partial charge is 0.125 e. The van der Waals surface area contributed by atoms with Crippen LogP contribution in [-0.4, -0.2) is 17.5 Å². The molecular formula is C10H20O2. The van der Waals surface area contributed by atoms with Gasteiger partial charge in [-0.25, -0.2) is 0 Å². The molecule has 2 nitrogen and oxygen atoms in total. The molecule has 0 aliphatic carbocycles. The highest BCUT2D eigenvalue weighted by molar-refractivity contribution is 5.54. The Morgan fingerprint density at radius 3 is 2.33 bits per heavy atom. The molecule has 72 valence electrons. The third-order valence-electron chi connectivity index (χ3n) is 2.19. The number of hydrogen-bond donors (Lipinski definition) is 1. The van der Waals surface area contributed by atoms with Crippen LogP contribution in [0.3, 0.4) is 0 Å². The normalized spacial score (nSPS) is 16.1. The number of unbranched alkanes of at least 4 members (excludes halogenated alkanes) is 1. The summed E-state index contributed by atoms with van der Waals surface area (Å²) in [4.78, 5) is 10.6. The van der Waals surface area contributed by atoms with Gasteiger partial charge in [0.05, 0.1) is 6.10 Å². The van der Waals surface area contributed by atoms with Gasteiger partial charge in [0, 0.05) is 5.92 Å². The number of aliphatic hydroxyl groups is 1. The maximum Gasteiger partial charge on any atom is 0.125 e. The summed E-state index contributed by atoms with van der Waals surface area (Å²) in [7, 11) is 0. The van der Waals surface area contributed by atoms with E-state index in [2.05, 4.69) is 6.92 Å². The molecule has 0 aromatic rings. The number of aldehydes is 1. The van der Waals surface area contributed by atoms with Crippen LogP contribution in [0.1, 0.15) is 40.0 Å². The zero-order chi connectivity index (χ0) is 9.56. The largest absolute Gasteiger partial charge is 0.392 e. The predicted molar refractivity (Wildman–Crippen MR) is 49.9 cm³/mol. The van der Waals surface area contributed by atoms with E-state index >= 15 is 0 Å². The summed E-state index contributed by atoms with van der Waals surface area (Å²) >= 11 is 0. The van der Waals surface area contributed by atoms with Crippen LogP contribution in [-0.2, 0) is 4.79 Å². The lowest BCUT2D eigenvalue weighted by molar-refractivity contribution is -0.115. The topological polar surface area (TPSA) is 37.3 Å². The molecule has 0 radical (unpaired) electrons. The average Bonchev–Trinajstić information content (AvgIpc) is 2.05. The summed E-state index contributed by atoms with van der Waals surface area (Å²) in [6, 6.07) is 0. The van der Waals surface area contributed by atoms with E-state index in [-0.39, 0.29) is 11.8 Å². The first kappa shape index (κ1) is 11.6. The molecule has 0 aromatic carbocycles. The fraction of sp³-hybridized carbons (Fsp3) is 0.900. The minimum absolute atomic E-state index is 0.162. The Bertz CT molecular complexity index is 121. The van der Waals surface area contributed by atoms with Crippen molar-refractivity contribution in [2.24, 2.45) is 11.8 Å². The Kier molecular flexibility index (Phi) is 5.99. The van der Waals surface area contributed by atoms with Crippen LogP contribution in [0.15, 0.2) is 0 Å². The fourth-order valence-electron chi connectivity index (χ4n) is 1.25. The van der Waals surface area contributed by atoms with Crippen molar-refractivity contribution in [1.29, 1.82) is 0 Å². The molecule has 12 heavy (non-hydrogen) atoms. The summed E-state index contributed by atoms with van der Waals surface area (Å²) in [5, 5.41) is 9.58. The molecule has 0 aromatic heterocycles. The van der Waals surface area contributed by atoms with E-state index in [1.54, 1.807) is 0 Å². The second-order valence-corrected chi connectivity index (χ2v) is 3.68. The minimum Gasteiger partial charge on any atom is -0.392 e. The molecule has 2 atom stereocenters. The van der Waals surface area contributed by atoms with E-state index in [0.29, 0.717) is 0 Å². The van der Waals surface area contributed by atoms with Gasteiger partial charge in [0.15, 0.2) is 0 Å². The molecule has 0 spiro atoms. The van der Waals surface area contributed by atoms with Crippen molar-refractivity contribution in [2.75, 3.05) is 0 Å². The zero-order valence-corrected chi connectivity index (χ0v) is 8.29. The molecule has 0 rings (SSSR count). The Hall–Kier alpha value is -0.370. The number of hydrogen-bond acceptors (Lipinski definition) is 2. The van der Waals surface area contributed by atoms with Gasteiger partial charge in [0.25, 0.3) is 0 Å². The molecule has 1 N–H and O–H groups in total. The molecule has 0 unspecified atom stereocenters. The van der Waals surface area contributed by atoms with E-state index in [4.69, 9.17) is 0 Å². The highest BCUT2D eigenvalue weighted by Gasteiger charge is 2.20. The number of rotatable bonds is 6. The summed E-state index contributed by atoms with van der Waals surface area (Å²) in [5.74, 6) is 0.0157. The van der Waals surface area contributed by atoms with E-state index in [9.17, 15) is 9.90 Å². The van der Waals surface area contributed by atoms with Crippen molar-refractivity contribution in [2.45, 2.75) is 46.1 Å². The highest BCUT2D eigenvalue weighted by Crippen LogP contribution is 2.16. The van der Waals surface area contributed by atoms with Gasteiger partial charge >= 0.3 is 0 Å². The first-order valence-electron chi connectivity index (χ1n) is 4.76. The Balaban J connectivity index is 3.87. The van der Waals surface area contributed by atoms with Gasteiger partial charge < -0.3 is 9.90 Å². The molecule has 2 heteroatoms. The molecule has 0 bridgehead atoms. The lowest BCUT2D eigenvalue weighted by atomic mass is 9.90. The van der Waals surface area contributed by atoms with Crippen molar-refractivity contribution < 1.29 is 9.90 Å². The number of carbonyl (C=O) groups excluding carboxylic acids is 1. The number of carbonyl (C=O) groups is 1. The third-order valence-corrected chi connectivity index (χ3v) is 2.19. The molecule has 0 heterocycles. The standard InChI is InChI=1S/C10H20O2/c1-4-5-6-9(7-11)10(12)8(2)3/h7-10,12H,4-6H2,1-3H3/t9-,10+/m0/s1. The Morgan fingerprint density at radius 1 is 1.42 bits per heavy atom. The van der Waals surface area contributed by atoms with Crippen molar-refractivity contribution >= 4 is 6.29 Å². The van der Waals surface area contributed by atoms with E-state index in [0.717, 1.165) is 25.5 Å². The summed E-state index contributed by atoms with van der Waals surface area (Å²) in [6.07, 6.45) is 3.34. The van der Waals surface area contributed by atoms with Crippen LogP contribution in [0, 0.1) is 11.8 Å². The van der Waals surface area contributed by atoms with Gasteiger partial charge in [0.1, 0.15) is 6.29 Å². The molecular weight excluding hydrogens is 152 g/mol. The fourth-order valence-corrected chi connectivity index (χ4v) is 1.25. The molecule has 0 aliphatic rings. The van der Waals surface area contributed by atoms with Gasteiger partial charge in [-0.15, -0.1) is 0 Å². The first-order chi connectivity index (χ1) is 5.63. The van der Waals surface area contributed by atoms with Crippen molar-refractivity contribution in [3.8, 4) is 0 Å². The third kappa shape index (κ3) is 3.86. The van der Waals surface area contributed by atoms with Gasteiger partial charge in [-0.05, 0) is 12.3 Å². The maximum absolute atomic E-state index is 10.6. The van der Waals surface area contributed by atoms with Crippen LogP contribution >= 0.6 is 0 Å². The van der Waals surface area contributed by atoms with Gasteiger partial charge in [0.2, 0.25) is 0 Å². The van der Waals surface area contributed by atoms with E-state index < -0.39 is 6.10 Å². The molecule has 0 saturated heterocycles. The van der Waals surface area contributed by atoms with Crippen molar-refractivity contribution in [3.05, 3.63) is 0 Å². The van der Waals surface area contributed by atoms with Gasteiger partial charge in [-0.2, -0.15) is 0 Å². The zero-order valence-electron chi connectivity index (χ0n) is 8.29. The van der Waals surface area contributed by atoms with Crippen LogP contribution in [0.4, 0.5) is 0 Å². The minimum atomic E-state index is -0.464. The lowest BCUT2D eigenvalue weighted by Gasteiger charge is -2.20. The summed E-state index contributed by atoms with van der Waals surface area (Å²) in [6.45, 7) is 5.96. The SMILES string of the molecule is CCCC[C@@H](C=O)[C@H](O)C(C)C. The second-order valence-electron chi connectivity index (χ2n) is 3.68. The van der Waals surface area contributed by atoms with Gasteiger partial charge in [-0.3, -0.25) is 0 Å². The summed E-state index contributed by atoms with van der Waals surface area (Å²) < 4.78 is 0. The lowest BCUT2D eigenvalue weighted by Crippen LogP contribution is -2.26. The average molecular weight is 172 g/mol. The molecule has 0 amide bonds. The van der Waals surface area contributed by atoms with Crippen LogP contribution in [0.5, 0.6) is 0 Å². The van der Waals surface area contributed by atoms with Crippen LogP contribution in [0.2, 0.25) is 0 Å². The summed E-state index contributed by atoms with van der Waals surface area (Å²) in [5.41, 5.74) is 0. The van der Waals surface area contributed by atoms with Crippen LogP contribution in [0.25, 0.3) is 0 Å².